The van der Waals surface area contributed by atoms with Gasteiger partial charge in [-0.3, -0.25) is 18.7 Å². The van der Waals surface area contributed by atoms with Gasteiger partial charge in [-0.15, -0.1) is 0 Å². The van der Waals surface area contributed by atoms with E-state index in [1.54, 1.807) is 37.4 Å². The molecule has 0 aliphatic carbocycles. The van der Waals surface area contributed by atoms with Crippen LogP contribution < -0.4 is 11.0 Å². The van der Waals surface area contributed by atoms with Gasteiger partial charge in [-0.05, 0) is 42.0 Å². The molecule has 0 radical (unpaired) electrons. The zero-order valence-corrected chi connectivity index (χ0v) is 16.9. The average molecular weight is 415 g/mol. The van der Waals surface area contributed by atoms with E-state index in [1.807, 2.05) is 48.5 Å². The van der Waals surface area contributed by atoms with Gasteiger partial charge in [0.1, 0.15) is 13.2 Å². The number of carbonyl (C=O) groups excluding carboxylic acids is 2. The van der Waals surface area contributed by atoms with E-state index >= 15 is 0 Å². The highest BCUT2D eigenvalue weighted by Gasteiger charge is 2.14. The number of rotatable bonds is 6. The quantitative estimate of drug-likeness (QED) is 0.490. The first kappa shape index (κ1) is 20.2. The van der Waals surface area contributed by atoms with E-state index < -0.39 is 5.97 Å². The van der Waals surface area contributed by atoms with E-state index in [-0.39, 0.29) is 24.7 Å². The van der Waals surface area contributed by atoms with Gasteiger partial charge in [0.15, 0.2) is 0 Å². The molecule has 7 heteroatoms. The minimum absolute atomic E-state index is 0.0545. The van der Waals surface area contributed by atoms with Crippen LogP contribution in [0.3, 0.4) is 0 Å². The number of carbonyl (C=O) groups is 2. The monoisotopic (exact) mass is 415 g/mol. The maximum Gasteiger partial charge on any atom is 0.329 e. The van der Waals surface area contributed by atoms with Gasteiger partial charge in [-0.2, -0.15) is 0 Å². The van der Waals surface area contributed by atoms with Gasteiger partial charge in [0.05, 0.1) is 11.0 Å². The van der Waals surface area contributed by atoms with Crippen molar-refractivity contribution in [2.75, 3.05) is 5.32 Å². The molecular formula is C24H21N3O4. The topological polar surface area (TPSA) is 82.3 Å². The molecule has 0 fully saturated rings. The Bertz CT molecular complexity index is 1290. The van der Waals surface area contributed by atoms with Gasteiger partial charge >= 0.3 is 11.7 Å². The second-order valence-corrected chi connectivity index (χ2v) is 7.09. The van der Waals surface area contributed by atoms with Crippen molar-refractivity contribution in [1.29, 1.82) is 0 Å². The number of benzene rings is 3. The molecule has 0 atom stereocenters. The lowest BCUT2D eigenvalue weighted by atomic mass is 10.1. The van der Waals surface area contributed by atoms with E-state index in [2.05, 4.69) is 5.32 Å². The van der Waals surface area contributed by atoms with E-state index in [9.17, 15) is 14.4 Å². The predicted molar refractivity (Wildman–Crippen MR) is 118 cm³/mol. The number of amides is 1. The molecule has 31 heavy (non-hydrogen) atoms. The van der Waals surface area contributed by atoms with Crippen LogP contribution in [0.5, 0.6) is 0 Å². The first-order valence-corrected chi connectivity index (χ1v) is 9.78. The van der Waals surface area contributed by atoms with Crippen molar-refractivity contribution in [1.82, 2.24) is 9.13 Å². The Morgan fingerprint density at radius 2 is 1.52 bits per heavy atom. The highest BCUT2D eigenvalue weighted by atomic mass is 16.5. The number of aromatic nitrogens is 2. The van der Waals surface area contributed by atoms with Crippen molar-refractivity contribution in [3.63, 3.8) is 0 Å². The predicted octanol–water partition coefficient (Wildman–Crippen LogP) is 3.34. The second-order valence-electron chi connectivity index (χ2n) is 7.09. The number of para-hydroxylation sites is 3. The lowest BCUT2D eigenvalue weighted by Crippen LogP contribution is -2.26. The molecule has 4 aromatic rings. The number of nitrogens with zero attached hydrogens (tertiary/aromatic N) is 2. The van der Waals surface area contributed by atoms with Gasteiger partial charge in [0.2, 0.25) is 0 Å². The Labute approximate surface area is 178 Å². The molecule has 3 aromatic carbocycles. The number of esters is 1. The van der Waals surface area contributed by atoms with Crippen molar-refractivity contribution >= 4 is 28.6 Å². The molecule has 7 nitrogen and oxygen atoms in total. The molecule has 0 saturated carbocycles. The van der Waals surface area contributed by atoms with Crippen LogP contribution in [0, 0.1) is 0 Å². The summed E-state index contributed by atoms with van der Waals surface area (Å²) in [5, 5.41) is 2.82. The Morgan fingerprint density at radius 1 is 0.871 bits per heavy atom. The maximum atomic E-state index is 12.4. The number of aryl methyl sites for hydroxylation is 1. The SMILES string of the molecule is Cn1c(=O)n(CC(=O)OCc2ccc(C(=O)Nc3ccccc3)cc2)c2ccccc21. The summed E-state index contributed by atoms with van der Waals surface area (Å²) in [5.74, 6) is -0.727. The summed E-state index contributed by atoms with van der Waals surface area (Å²) < 4.78 is 8.23. The largest absolute Gasteiger partial charge is 0.459 e. The lowest BCUT2D eigenvalue weighted by molar-refractivity contribution is -0.145. The molecule has 1 aromatic heterocycles. The molecule has 1 amide bonds. The van der Waals surface area contributed by atoms with Crippen LogP contribution in [0.2, 0.25) is 0 Å². The van der Waals surface area contributed by atoms with Crippen LogP contribution in [-0.2, 0) is 29.7 Å². The molecule has 0 saturated heterocycles. The summed E-state index contributed by atoms with van der Waals surface area (Å²) >= 11 is 0. The molecule has 156 valence electrons. The second kappa shape index (κ2) is 8.71. The van der Waals surface area contributed by atoms with Gasteiger partial charge in [-0.1, -0.05) is 42.5 Å². The average Bonchev–Trinajstić information content (AvgIpc) is 3.04. The number of anilines is 1. The highest BCUT2D eigenvalue weighted by molar-refractivity contribution is 6.04. The van der Waals surface area contributed by atoms with Crippen LogP contribution in [0.15, 0.2) is 83.7 Å². The van der Waals surface area contributed by atoms with Crippen molar-refractivity contribution < 1.29 is 14.3 Å². The molecule has 0 bridgehead atoms. The van der Waals surface area contributed by atoms with Crippen LogP contribution in [0.25, 0.3) is 11.0 Å². The Morgan fingerprint density at radius 3 is 2.23 bits per heavy atom. The molecule has 0 aliphatic rings. The zero-order chi connectivity index (χ0) is 21.8. The summed E-state index contributed by atoms with van der Waals surface area (Å²) in [6.45, 7) is -0.114. The van der Waals surface area contributed by atoms with Crippen molar-refractivity contribution in [3.05, 3.63) is 100 Å². The van der Waals surface area contributed by atoms with Crippen LogP contribution in [0.1, 0.15) is 15.9 Å². The van der Waals surface area contributed by atoms with Crippen LogP contribution in [0.4, 0.5) is 5.69 Å². The molecular weight excluding hydrogens is 394 g/mol. The fourth-order valence-electron chi connectivity index (χ4n) is 3.33. The Hall–Kier alpha value is -4.13. The third-order valence-electron chi connectivity index (χ3n) is 4.99. The minimum Gasteiger partial charge on any atom is -0.459 e. The Kier molecular flexibility index (Phi) is 5.66. The summed E-state index contributed by atoms with van der Waals surface area (Å²) in [5.41, 5.74) is 3.13. The van der Waals surface area contributed by atoms with Crippen LogP contribution >= 0.6 is 0 Å². The fraction of sp³-hybridized carbons (Fsp3) is 0.125. The van der Waals surface area contributed by atoms with Crippen LogP contribution in [-0.4, -0.2) is 21.0 Å². The number of hydrogen-bond donors (Lipinski definition) is 1. The molecule has 1 N–H and O–H groups in total. The summed E-state index contributed by atoms with van der Waals surface area (Å²) in [6.07, 6.45) is 0. The number of ether oxygens (including phenoxy) is 1. The summed E-state index contributed by atoms with van der Waals surface area (Å²) in [7, 11) is 1.67. The lowest BCUT2D eigenvalue weighted by Gasteiger charge is -2.08. The smallest absolute Gasteiger partial charge is 0.329 e. The maximum absolute atomic E-state index is 12.4. The van der Waals surface area contributed by atoms with Gasteiger partial charge in [0, 0.05) is 18.3 Å². The zero-order valence-electron chi connectivity index (χ0n) is 16.9. The van der Waals surface area contributed by atoms with Crippen molar-refractivity contribution in [2.45, 2.75) is 13.2 Å². The normalized spacial score (nSPS) is 10.7. The van der Waals surface area contributed by atoms with Gasteiger partial charge in [0.25, 0.3) is 5.91 Å². The summed E-state index contributed by atoms with van der Waals surface area (Å²) in [6, 6.07) is 23.3. The molecule has 0 aliphatic heterocycles. The fourth-order valence-corrected chi connectivity index (χ4v) is 3.33. The van der Waals surface area contributed by atoms with E-state index in [0.717, 1.165) is 11.1 Å². The third-order valence-corrected chi connectivity index (χ3v) is 4.99. The summed E-state index contributed by atoms with van der Waals surface area (Å²) in [4.78, 5) is 37.0. The van der Waals surface area contributed by atoms with Gasteiger partial charge < -0.3 is 10.1 Å². The molecule has 1 heterocycles. The van der Waals surface area contributed by atoms with E-state index in [0.29, 0.717) is 16.8 Å². The first-order valence-electron chi connectivity index (χ1n) is 9.78. The van der Waals surface area contributed by atoms with E-state index in [1.165, 1.54) is 9.13 Å². The third kappa shape index (κ3) is 4.40. The molecule has 0 unspecified atom stereocenters. The molecule has 0 spiro atoms. The highest BCUT2D eigenvalue weighted by Crippen LogP contribution is 2.13. The van der Waals surface area contributed by atoms with E-state index in [4.69, 9.17) is 4.74 Å². The number of fused-ring (bicyclic) bond motifs is 1. The standard InChI is InChI=1S/C24H21N3O4/c1-26-20-9-5-6-10-21(20)27(24(26)30)15-22(28)31-16-17-11-13-18(14-12-17)23(29)25-19-7-3-2-4-8-19/h2-14H,15-16H2,1H3,(H,25,29). The van der Waals surface area contributed by atoms with Crippen molar-refractivity contribution in [3.8, 4) is 0 Å². The Balaban J connectivity index is 1.36. The molecule has 4 rings (SSSR count). The van der Waals surface area contributed by atoms with Crippen molar-refractivity contribution in [2.24, 2.45) is 7.05 Å². The first-order chi connectivity index (χ1) is 15.0. The number of nitrogens with one attached hydrogen (secondary N) is 1. The van der Waals surface area contributed by atoms with Gasteiger partial charge in [-0.25, -0.2) is 4.79 Å². The minimum atomic E-state index is -0.510. The number of hydrogen-bond acceptors (Lipinski definition) is 4. The number of imidazole rings is 1.